The summed E-state index contributed by atoms with van der Waals surface area (Å²) >= 11 is 1.34. The van der Waals surface area contributed by atoms with Crippen LogP contribution in [0.4, 0.5) is 17.6 Å². The van der Waals surface area contributed by atoms with E-state index in [1.165, 1.54) is 11.3 Å². The summed E-state index contributed by atoms with van der Waals surface area (Å²) in [5, 5.41) is 1.77. The first-order valence-corrected chi connectivity index (χ1v) is 8.87. The molecule has 0 saturated carbocycles. The van der Waals surface area contributed by atoms with Gasteiger partial charge in [-0.1, -0.05) is 13.0 Å². The topological polar surface area (TPSA) is 37.4 Å². The van der Waals surface area contributed by atoms with E-state index in [2.05, 4.69) is 0 Å². The van der Waals surface area contributed by atoms with Gasteiger partial charge in [0, 0.05) is 18.0 Å². The second-order valence-electron chi connectivity index (χ2n) is 4.65. The lowest BCUT2D eigenvalue weighted by molar-refractivity contribution is -0.140. The zero-order valence-corrected chi connectivity index (χ0v) is 13.6. The van der Waals surface area contributed by atoms with Gasteiger partial charge in [0.25, 0.3) is 0 Å². The Balaban J connectivity index is 2.42. The quantitative estimate of drug-likeness (QED) is 0.746. The second kappa shape index (κ2) is 6.58. The molecule has 0 saturated heterocycles. The molecule has 126 valence electrons. The molecule has 0 aliphatic rings. The van der Waals surface area contributed by atoms with Crippen LogP contribution in [0.1, 0.15) is 17.4 Å². The smallest absolute Gasteiger partial charge is 0.207 e. The van der Waals surface area contributed by atoms with Crippen molar-refractivity contribution in [3.05, 3.63) is 52.0 Å². The van der Waals surface area contributed by atoms with Crippen LogP contribution in [0.25, 0.3) is 0 Å². The number of benzene rings is 1. The van der Waals surface area contributed by atoms with E-state index >= 15 is 0 Å². The first kappa shape index (κ1) is 17.9. The van der Waals surface area contributed by atoms with Gasteiger partial charge in [0.05, 0.1) is 10.5 Å². The van der Waals surface area contributed by atoms with Crippen molar-refractivity contribution in [1.82, 2.24) is 4.31 Å². The average Bonchev–Trinajstić information content (AvgIpc) is 2.96. The van der Waals surface area contributed by atoms with E-state index in [1.54, 1.807) is 24.4 Å². The van der Waals surface area contributed by atoms with Crippen molar-refractivity contribution >= 4 is 21.4 Å². The molecule has 2 rings (SSSR count). The maximum absolute atomic E-state index is 13.3. The molecular weight excluding hydrogens is 354 g/mol. The van der Waals surface area contributed by atoms with Crippen LogP contribution in [0.15, 0.2) is 40.6 Å². The average molecular weight is 367 g/mol. The van der Waals surface area contributed by atoms with E-state index in [9.17, 15) is 26.0 Å². The predicted octanol–water partition coefficient (Wildman–Crippen LogP) is 4.12. The van der Waals surface area contributed by atoms with Crippen molar-refractivity contribution < 1.29 is 26.0 Å². The highest BCUT2D eigenvalue weighted by atomic mass is 32.2. The van der Waals surface area contributed by atoms with Gasteiger partial charge in [0.15, 0.2) is 0 Å². The van der Waals surface area contributed by atoms with E-state index < -0.39 is 32.5 Å². The van der Waals surface area contributed by atoms with Crippen LogP contribution in [0.2, 0.25) is 0 Å². The molecule has 2 aromatic rings. The Hall–Kier alpha value is -1.45. The molecule has 0 unspecified atom stereocenters. The van der Waals surface area contributed by atoms with Gasteiger partial charge in [-0.05, 0) is 29.6 Å². The van der Waals surface area contributed by atoms with Crippen LogP contribution in [0, 0.1) is 5.82 Å². The lowest BCUT2D eigenvalue weighted by Crippen LogP contribution is -2.30. The fraction of sp³-hybridized carbons (Fsp3) is 0.286. The minimum absolute atomic E-state index is 0.0508. The summed E-state index contributed by atoms with van der Waals surface area (Å²) in [4.78, 5) is 0.179. The highest BCUT2D eigenvalue weighted by molar-refractivity contribution is 7.89. The minimum atomic E-state index is -4.96. The number of nitrogens with zero attached hydrogens (tertiary/aromatic N) is 1. The fourth-order valence-corrected chi connectivity index (χ4v) is 4.23. The molecule has 23 heavy (non-hydrogen) atoms. The Bertz CT molecular complexity index is 771. The molecule has 1 aromatic carbocycles. The SMILES string of the molecule is CCN(Cc1cccs1)S(=O)(=O)c1ccc(F)c(C(F)(F)F)c1. The van der Waals surface area contributed by atoms with Crippen molar-refractivity contribution in [2.45, 2.75) is 24.5 Å². The van der Waals surface area contributed by atoms with E-state index in [4.69, 9.17) is 0 Å². The largest absolute Gasteiger partial charge is 0.419 e. The molecule has 1 aromatic heterocycles. The van der Waals surface area contributed by atoms with Crippen LogP contribution in [-0.4, -0.2) is 19.3 Å². The van der Waals surface area contributed by atoms with Crippen LogP contribution < -0.4 is 0 Å². The zero-order chi connectivity index (χ0) is 17.3. The summed E-state index contributed by atoms with van der Waals surface area (Å²) in [5.74, 6) is -1.50. The minimum Gasteiger partial charge on any atom is -0.207 e. The van der Waals surface area contributed by atoms with Gasteiger partial charge < -0.3 is 0 Å². The maximum atomic E-state index is 13.3. The molecule has 0 aliphatic heterocycles. The van der Waals surface area contributed by atoms with Crippen molar-refractivity contribution in [1.29, 1.82) is 0 Å². The molecule has 0 fully saturated rings. The monoisotopic (exact) mass is 367 g/mol. The van der Waals surface area contributed by atoms with E-state index in [-0.39, 0.29) is 13.1 Å². The third-order valence-corrected chi connectivity index (χ3v) is 5.92. The third kappa shape index (κ3) is 3.91. The molecule has 0 aliphatic carbocycles. The first-order chi connectivity index (χ1) is 10.7. The molecule has 9 heteroatoms. The lowest BCUT2D eigenvalue weighted by atomic mass is 10.2. The standard InChI is InChI=1S/C14H13F4NO2S2/c1-2-19(9-10-4-3-7-22-10)23(20,21)11-5-6-13(15)12(8-11)14(16,17)18/h3-8H,2,9H2,1H3. The zero-order valence-electron chi connectivity index (χ0n) is 12.0. The Kier molecular flexibility index (Phi) is 5.12. The fourth-order valence-electron chi connectivity index (χ4n) is 1.97. The van der Waals surface area contributed by atoms with Gasteiger partial charge >= 0.3 is 6.18 Å². The van der Waals surface area contributed by atoms with E-state index in [1.807, 2.05) is 0 Å². The van der Waals surface area contributed by atoms with Crippen LogP contribution in [0.3, 0.4) is 0 Å². The number of rotatable bonds is 5. The van der Waals surface area contributed by atoms with E-state index in [0.29, 0.717) is 12.1 Å². The summed E-state index contributed by atoms with van der Waals surface area (Å²) in [6.07, 6.45) is -4.96. The van der Waals surface area contributed by atoms with Crippen molar-refractivity contribution in [3.8, 4) is 0 Å². The normalized spacial score (nSPS) is 12.8. The van der Waals surface area contributed by atoms with Gasteiger partial charge in [-0.2, -0.15) is 17.5 Å². The Morgan fingerprint density at radius 1 is 1.22 bits per heavy atom. The Morgan fingerprint density at radius 3 is 2.43 bits per heavy atom. The molecule has 0 spiro atoms. The summed E-state index contributed by atoms with van der Waals surface area (Å²) in [5.41, 5.74) is -1.59. The number of hydrogen-bond acceptors (Lipinski definition) is 3. The van der Waals surface area contributed by atoms with Gasteiger partial charge in [-0.3, -0.25) is 0 Å². The molecular formula is C14H13F4NO2S2. The summed E-state index contributed by atoms with van der Waals surface area (Å²) < 4.78 is 77.7. The van der Waals surface area contributed by atoms with Crippen molar-refractivity contribution in [3.63, 3.8) is 0 Å². The maximum Gasteiger partial charge on any atom is 0.419 e. The number of hydrogen-bond donors (Lipinski definition) is 0. The molecule has 0 N–H and O–H groups in total. The number of halogens is 4. The van der Waals surface area contributed by atoms with Gasteiger partial charge in [0.1, 0.15) is 5.82 Å². The van der Waals surface area contributed by atoms with Crippen LogP contribution >= 0.6 is 11.3 Å². The predicted molar refractivity (Wildman–Crippen MR) is 79.0 cm³/mol. The highest BCUT2D eigenvalue weighted by Crippen LogP contribution is 2.33. The molecule has 3 nitrogen and oxygen atoms in total. The van der Waals surface area contributed by atoms with Gasteiger partial charge in [-0.15, -0.1) is 11.3 Å². The number of alkyl halides is 3. The lowest BCUT2D eigenvalue weighted by Gasteiger charge is -2.20. The molecule has 0 radical (unpaired) electrons. The number of sulfonamides is 1. The molecule has 0 bridgehead atoms. The molecule has 1 heterocycles. The summed E-state index contributed by atoms with van der Waals surface area (Å²) in [6, 6.07) is 5.18. The van der Waals surface area contributed by atoms with Crippen LogP contribution in [0.5, 0.6) is 0 Å². The second-order valence-corrected chi connectivity index (χ2v) is 7.62. The van der Waals surface area contributed by atoms with Gasteiger partial charge in [0.2, 0.25) is 10.0 Å². The summed E-state index contributed by atoms with van der Waals surface area (Å²) in [7, 11) is -4.15. The van der Waals surface area contributed by atoms with Crippen LogP contribution in [-0.2, 0) is 22.7 Å². The first-order valence-electron chi connectivity index (χ1n) is 6.55. The van der Waals surface area contributed by atoms with Gasteiger partial charge in [-0.25, -0.2) is 12.8 Å². The molecule has 0 amide bonds. The Morgan fingerprint density at radius 2 is 1.91 bits per heavy atom. The van der Waals surface area contributed by atoms with Crippen molar-refractivity contribution in [2.75, 3.05) is 6.54 Å². The van der Waals surface area contributed by atoms with Crippen molar-refractivity contribution in [2.24, 2.45) is 0 Å². The molecule has 0 atom stereocenters. The van der Waals surface area contributed by atoms with E-state index in [0.717, 1.165) is 15.2 Å². The Labute approximate surface area is 135 Å². The highest BCUT2D eigenvalue weighted by Gasteiger charge is 2.36. The number of thiophene rings is 1. The summed E-state index contributed by atoms with van der Waals surface area (Å²) in [6.45, 7) is 1.72. The third-order valence-electron chi connectivity index (χ3n) is 3.15.